The van der Waals surface area contributed by atoms with Crippen LogP contribution < -0.4 is 0 Å². The number of carbonyl (C=O) groups is 1. The molecular formula is C12H13ClFNO. The Labute approximate surface area is 99.0 Å². The van der Waals surface area contributed by atoms with Crippen molar-refractivity contribution in [3.05, 3.63) is 34.6 Å². The monoisotopic (exact) mass is 241 g/mol. The zero-order chi connectivity index (χ0) is 11.5. The van der Waals surface area contributed by atoms with Gasteiger partial charge in [0.2, 0.25) is 0 Å². The second-order valence-electron chi connectivity index (χ2n) is 4.10. The van der Waals surface area contributed by atoms with Crippen LogP contribution >= 0.6 is 11.6 Å². The zero-order valence-electron chi connectivity index (χ0n) is 8.88. The number of carbonyl (C=O) groups excluding carboxylic acids is 1. The maximum atomic E-state index is 12.9. The van der Waals surface area contributed by atoms with E-state index in [-0.39, 0.29) is 10.8 Å². The molecule has 86 valence electrons. The molecule has 0 bridgehead atoms. The van der Waals surface area contributed by atoms with Gasteiger partial charge in [-0.2, -0.15) is 0 Å². The van der Waals surface area contributed by atoms with Gasteiger partial charge < -0.3 is 0 Å². The van der Waals surface area contributed by atoms with Crippen LogP contribution in [0.2, 0.25) is 5.02 Å². The van der Waals surface area contributed by atoms with E-state index in [0.717, 1.165) is 18.5 Å². The first-order chi connectivity index (χ1) is 7.65. The van der Waals surface area contributed by atoms with Crippen LogP contribution in [0.25, 0.3) is 0 Å². The molecule has 0 saturated carbocycles. The highest BCUT2D eigenvalue weighted by Gasteiger charge is 2.16. The molecular weight excluding hydrogens is 229 g/mol. The number of ketones is 1. The smallest absolute Gasteiger partial charge is 0.146 e. The predicted octanol–water partition coefficient (Wildman–Crippen LogP) is 2.64. The Bertz CT molecular complexity index is 408. The summed E-state index contributed by atoms with van der Waals surface area (Å²) in [6.07, 6.45) is 1.59. The maximum absolute atomic E-state index is 12.9. The van der Waals surface area contributed by atoms with Crippen LogP contribution in [-0.4, -0.2) is 23.8 Å². The van der Waals surface area contributed by atoms with E-state index in [2.05, 4.69) is 4.90 Å². The number of likely N-dealkylation sites (tertiary alicyclic amines) is 1. The molecule has 0 amide bonds. The van der Waals surface area contributed by atoms with Gasteiger partial charge in [-0.1, -0.05) is 17.7 Å². The average molecular weight is 242 g/mol. The molecule has 1 aromatic carbocycles. The SMILES string of the molecule is O=C1CCCN(Cc2ccc(F)c(Cl)c2)C1. The quantitative estimate of drug-likeness (QED) is 0.794. The number of benzene rings is 1. The van der Waals surface area contributed by atoms with Gasteiger partial charge in [-0.15, -0.1) is 0 Å². The van der Waals surface area contributed by atoms with Gasteiger partial charge in [0.1, 0.15) is 11.6 Å². The van der Waals surface area contributed by atoms with Gasteiger partial charge in [-0.25, -0.2) is 4.39 Å². The molecule has 1 saturated heterocycles. The highest BCUT2D eigenvalue weighted by atomic mass is 35.5. The van der Waals surface area contributed by atoms with E-state index in [1.807, 2.05) is 0 Å². The normalized spacial score (nSPS) is 17.8. The lowest BCUT2D eigenvalue weighted by Gasteiger charge is -2.25. The number of hydrogen-bond acceptors (Lipinski definition) is 2. The number of Topliss-reactive ketones (excluding diaryl/α,β-unsaturated/α-hetero) is 1. The fraction of sp³-hybridized carbons (Fsp3) is 0.417. The van der Waals surface area contributed by atoms with Gasteiger partial charge in [0.15, 0.2) is 0 Å². The van der Waals surface area contributed by atoms with Crippen molar-refractivity contribution in [1.29, 1.82) is 0 Å². The number of piperidine rings is 1. The van der Waals surface area contributed by atoms with Crippen molar-refractivity contribution in [3.8, 4) is 0 Å². The fourth-order valence-corrected chi connectivity index (χ4v) is 2.14. The van der Waals surface area contributed by atoms with Crippen molar-refractivity contribution in [1.82, 2.24) is 4.90 Å². The highest BCUT2D eigenvalue weighted by Crippen LogP contribution is 2.18. The van der Waals surface area contributed by atoms with Crippen LogP contribution in [0.15, 0.2) is 18.2 Å². The Morgan fingerprint density at radius 1 is 1.44 bits per heavy atom. The third kappa shape index (κ3) is 2.80. The lowest BCUT2D eigenvalue weighted by atomic mass is 10.1. The molecule has 4 heteroatoms. The summed E-state index contributed by atoms with van der Waals surface area (Å²) in [5, 5.41) is 0.140. The minimum atomic E-state index is -0.403. The van der Waals surface area contributed by atoms with E-state index < -0.39 is 5.82 Å². The Morgan fingerprint density at radius 2 is 2.25 bits per heavy atom. The summed E-state index contributed by atoms with van der Waals surface area (Å²) in [4.78, 5) is 13.3. The van der Waals surface area contributed by atoms with Gasteiger partial charge in [0.05, 0.1) is 11.6 Å². The third-order valence-corrected chi connectivity index (χ3v) is 3.01. The van der Waals surface area contributed by atoms with E-state index in [0.29, 0.717) is 19.5 Å². The molecule has 1 aliphatic heterocycles. The van der Waals surface area contributed by atoms with E-state index in [1.165, 1.54) is 6.07 Å². The van der Waals surface area contributed by atoms with Gasteiger partial charge in [-0.05, 0) is 30.7 Å². The lowest BCUT2D eigenvalue weighted by Crippen LogP contribution is -2.34. The van der Waals surface area contributed by atoms with E-state index in [9.17, 15) is 9.18 Å². The van der Waals surface area contributed by atoms with Crippen LogP contribution in [0.1, 0.15) is 18.4 Å². The number of halogens is 2. The molecule has 0 aromatic heterocycles. The fourth-order valence-electron chi connectivity index (χ4n) is 1.94. The van der Waals surface area contributed by atoms with Crippen molar-refractivity contribution in [2.75, 3.05) is 13.1 Å². The summed E-state index contributed by atoms with van der Waals surface area (Å²) in [5.74, 6) is -0.125. The topological polar surface area (TPSA) is 20.3 Å². The first kappa shape index (κ1) is 11.6. The molecule has 0 spiro atoms. The summed E-state index contributed by atoms with van der Waals surface area (Å²) < 4.78 is 12.9. The summed E-state index contributed by atoms with van der Waals surface area (Å²) in [6.45, 7) is 2.07. The number of rotatable bonds is 2. The van der Waals surface area contributed by atoms with E-state index in [1.54, 1.807) is 12.1 Å². The Kier molecular flexibility index (Phi) is 3.56. The Balaban J connectivity index is 2.03. The number of hydrogen-bond donors (Lipinski definition) is 0. The molecule has 0 N–H and O–H groups in total. The van der Waals surface area contributed by atoms with Crippen molar-refractivity contribution >= 4 is 17.4 Å². The first-order valence-electron chi connectivity index (χ1n) is 5.33. The second kappa shape index (κ2) is 4.93. The molecule has 0 aliphatic carbocycles. The predicted molar refractivity (Wildman–Crippen MR) is 60.9 cm³/mol. The van der Waals surface area contributed by atoms with E-state index in [4.69, 9.17) is 11.6 Å². The molecule has 1 aromatic rings. The highest BCUT2D eigenvalue weighted by molar-refractivity contribution is 6.30. The molecule has 1 fully saturated rings. The van der Waals surface area contributed by atoms with Crippen molar-refractivity contribution in [2.45, 2.75) is 19.4 Å². The molecule has 1 heterocycles. The summed E-state index contributed by atoms with van der Waals surface area (Å²) >= 11 is 5.70. The van der Waals surface area contributed by atoms with Gasteiger partial charge in [0, 0.05) is 13.0 Å². The Morgan fingerprint density at radius 3 is 2.94 bits per heavy atom. The van der Waals surface area contributed by atoms with Gasteiger partial charge in [-0.3, -0.25) is 9.69 Å². The molecule has 2 nitrogen and oxygen atoms in total. The molecule has 0 unspecified atom stereocenters. The van der Waals surface area contributed by atoms with Crippen molar-refractivity contribution in [2.24, 2.45) is 0 Å². The minimum Gasteiger partial charge on any atom is -0.298 e. The zero-order valence-corrected chi connectivity index (χ0v) is 9.63. The molecule has 16 heavy (non-hydrogen) atoms. The standard InChI is InChI=1S/C12H13ClFNO/c13-11-6-9(3-4-12(11)14)7-15-5-1-2-10(16)8-15/h3-4,6H,1-2,5,7-8H2. The second-order valence-corrected chi connectivity index (χ2v) is 4.51. The molecule has 0 atom stereocenters. The average Bonchev–Trinajstić information content (AvgIpc) is 2.24. The molecule has 1 aliphatic rings. The Hall–Kier alpha value is -0.930. The van der Waals surface area contributed by atoms with Crippen LogP contribution in [-0.2, 0) is 11.3 Å². The molecule has 2 rings (SSSR count). The van der Waals surface area contributed by atoms with E-state index >= 15 is 0 Å². The largest absolute Gasteiger partial charge is 0.298 e. The minimum absolute atomic E-state index is 0.140. The summed E-state index contributed by atoms with van der Waals surface area (Å²) in [5.41, 5.74) is 0.945. The van der Waals surface area contributed by atoms with Crippen LogP contribution in [0.3, 0.4) is 0 Å². The van der Waals surface area contributed by atoms with Gasteiger partial charge in [0.25, 0.3) is 0 Å². The van der Waals surface area contributed by atoms with Crippen molar-refractivity contribution < 1.29 is 9.18 Å². The summed E-state index contributed by atoms with van der Waals surface area (Å²) in [6, 6.07) is 4.69. The summed E-state index contributed by atoms with van der Waals surface area (Å²) in [7, 11) is 0. The first-order valence-corrected chi connectivity index (χ1v) is 5.71. The van der Waals surface area contributed by atoms with Crippen LogP contribution in [0.5, 0.6) is 0 Å². The maximum Gasteiger partial charge on any atom is 0.146 e. The van der Waals surface area contributed by atoms with Gasteiger partial charge >= 0.3 is 0 Å². The third-order valence-electron chi connectivity index (χ3n) is 2.72. The van der Waals surface area contributed by atoms with Crippen LogP contribution in [0.4, 0.5) is 4.39 Å². The van der Waals surface area contributed by atoms with Crippen molar-refractivity contribution in [3.63, 3.8) is 0 Å². The van der Waals surface area contributed by atoms with Crippen LogP contribution in [0, 0.1) is 5.82 Å². The molecule has 0 radical (unpaired) electrons. The lowest BCUT2D eigenvalue weighted by molar-refractivity contribution is -0.122. The number of nitrogens with zero attached hydrogens (tertiary/aromatic N) is 1.